The molecule has 0 aliphatic carbocycles. The fraction of sp³-hybridized carbons (Fsp3) is 1.00. The van der Waals surface area contributed by atoms with Crippen LogP contribution in [0.3, 0.4) is 0 Å². The van der Waals surface area contributed by atoms with Crippen LogP contribution in [-0.2, 0) is 4.52 Å². The molecule has 0 saturated carbocycles. The monoisotopic (exact) mass is 156 g/mol. The Kier molecular flexibility index (Phi) is 6.55. The summed E-state index contributed by atoms with van der Waals surface area (Å²) in [6.45, 7) is 0.553. The van der Waals surface area contributed by atoms with Crippen molar-refractivity contribution < 1.29 is 13.3 Å². The Labute approximate surface area is 56.1 Å². The van der Waals surface area contributed by atoms with Crippen LogP contribution in [0.5, 0.6) is 0 Å². The zero-order chi connectivity index (χ0) is 7.11. The first-order valence-corrected chi connectivity index (χ1v) is 3.34. The summed E-state index contributed by atoms with van der Waals surface area (Å²) < 4.78 is 27.4. The second kappa shape index (κ2) is 6.37. The highest BCUT2D eigenvalue weighted by Crippen LogP contribution is 2.05. The summed E-state index contributed by atoms with van der Waals surface area (Å²) in [6, 6.07) is 0. The molecule has 1 unspecified atom stereocenters. The summed E-state index contributed by atoms with van der Waals surface area (Å²) in [5.41, 5.74) is 0. The predicted octanol–water partition coefficient (Wildman–Crippen LogP) is 2.23. The lowest BCUT2D eigenvalue weighted by Gasteiger charge is -1.97. The van der Waals surface area contributed by atoms with Crippen LogP contribution in [0.25, 0.3) is 0 Å². The Hall–Kier alpha value is 0.250. The minimum atomic E-state index is -2.16. The van der Waals surface area contributed by atoms with Gasteiger partial charge in [0.05, 0.1) is 6.61 Å². The van der Waals surface area contributed by atoms with Crippen LogP contribution < -0.4 is 0 Å². The molecule has 1 atom stereocenters. The van der Waals surface area contributed by atoms with Gasteiger partial charge in [0, 0.05) is 15.9 Å². The largest absolute Gasteiger partial charge is 0.366 e. The smallest absolute Gasteiger partial charge is 0.238 e. The normalized spacial score (nSPS) is 10.7. The van der Waals surface area contributed by atoms with E-state index in [1.807, 2.05) is 0 Å². The minimum absolute atomic E-state index is 0.00593. The molecule has 0 radical (unpaired) electrons. The molecule has 0 amide bonds. The lowest BCUT2D eigenvalue weighted by Crippen LogP contribution is -1.91. The van der Waals surface area contributed by atoms with Crippen molar-refractivity contribution in [1.82, 2.24) is 0 Å². The maximum atomic E-state index is 11.4. The number of unbranched alkanes of at least 4 members (excludes halogenated alkanes) is 1. The molecule has 0 aromatic heterocycles. The van der Waals surface area contributed by atoms with Gasteiger partial charge in [-0.1, -0.05) is 0 Å². The molecule has 0 aromatic rings. The van der Waals surface area contributed by atoms with Gasteiger partial charge in [0.15, 0.2) is 0 Å². The molecule has 0 heterocycles. The Morgan fingerprint density at radius 1 is 1.33 bits per heavy atom. The van der Waals surface area contributed by atoms with Crippen LogP contribution in [0.15, 0.2) is 0 Å². The van der Waals surface area contributed by atoms with Gasteiger partial charge >= 0.3 is 0 Å². The Bertz CT molecular complexity index is 60.9. The van der Waals surface area contributed by atoms with Gasteiger partial charge in [-0.2, -0.15) is 0 Å². The summed E-state index contributed by atoms with van der Waals surface area (Å²) in [5.74, 6) is 0. The molecular weight excluding hydrogens is 145 g/mol. The van der Waals surface area contributed by atoms with Crippen molar-refractivity contribution in [3.05, 3.63) is 0 Å². The van der Waals surface area contributed by atoms with Gasteiger partial charge in [0.25, 0.3) is 0 Å². The molecular formula is C5H11F2OP. The number of rotatable bonds is 5. The van der Waals surface area contributed by atoms with Crippen molar-refractivity contribution in [2.24, 2.45) is 0 Å². The molecule has 0 aliphatic rings. The van der Waals surface area contributed by atoms with Crippen molar-refractivity contribution in [3.8, 4) is 0 Å². The minimum Gasteiger partial charge on any atom is -0.366 e. The summed E-state index contributed by atoms with van der Waals surface area (Å²) in [4.78, 5) is 0. The van der Waals surface area contributed by atoms with Crippen LogP contribution in [-0.4, -0.2) is 13.0 Å². The average molecular weight is 156 g/mol. The third kappa shape index (κ3) is 8.25. The molecule has 0 aliphatic heterocycles. The standard InChI is InChI=1S/C5H11F2OP/c6-5(7)3-1-2-4-8-9/h5H,1-4,9H2. The third-order valence-corrected chi connectivity index (χ3v) is 1.17. The van der Waals surface area contributed by atoms with Crippen LogP contribution in [0, 0.1) is 0 Å². The number of halogens is 2. The van der Waals surface area contributed by atoms with Crippen molar-refractivity contribution in [2.45, 2.75) is 25.7 Å². The SMILES string of the molecule is FC(F)CCCCOP. The first-order valence-electron chi connectivity index (χ1n) is 2.87. The van der Waals surface area contributed by atoms with Gasteiger partial charge in [-0.3, -0.25) is 0 Å². The van der Waals surface area contributed by atoms with Crippen molar-refractivity contribution >= 4 is 9.47 Å². The van der Waals surface area contributed by atoms with Gasteiger partial charge < -0.3 is 4.52 Å². The third-order valence-electron chi connectivity index (χ3n) is 0.935. The van der Waals surface area contributed by atoms with E-state index in [2.05, 4.69) is 14.0 Å². The first kappa shape index (κ1) is 9.25. The maximum Gasteiger partial charge on any atom is 0.238 e. The Morgan fingerprint density at radius 3 is 2.44 bits per heavy atom. The van der Waals surface area contributed by atoms with E-state index in [-0.39, 0.29) is 6.42 Å². The predicted molar refractivity (Wildman–Crippen MR) is 35.5 cm³/mol. The molecule has 0 N–H and O–H groups in total. The van der Waals surface area contributed by atoms with Crippen molar-refractivity contribution in [1.29, 1.82) is 0 Å². The summed E-state index contributed by atoms with van der Waals surface area (Å²) in [6.07, 6.45) is -0.900. The zero-order valence-electron chi connectivity index (χ0n) is 5.15. The second-order valence-corrected chi connectivity index (χ2v) is 2.09. The molecule has 1 nitrogen and oxygen atoms in total. The van der Waals surface area contributed by atoms with Gasteiger partial charge in [-0.25, -0.2) is 8.78 Å². The van der Waals surface area contributed by atoms with Gasteiger partial charge in [0.2, 0.25) is 6.43 Å². The Morgan fingerprint density at radius 2 is 2.00 bits per heavy atom. The molecule has 0 saturated heterocycles. The highest BCUT2D eigenvalue weighted by Gasteiger charge is 1.99. The van der Waals surface area contributed by atoms with Crippen molar-refractivity contribution in [2.75, 3.05) is 6.61 Å². The number of hydrogen-bond acceptors (Lipinski definition) is 1. The van der Waals surface area contributed by atoms with Gasteiger partial charge in [-0.15, -0.1) is 0 Å². The van der Waals surface area contributed by atoms with E-state index in [0.29, 0.717) is 19.4 Å². The molecule has 9 heavy (non-hydrogen) atoms. The molecule has 0 bridgehead atoms. The topological polar surface area (TPSA) is 9.23 Å². The molecule has 56 valence electrons. The molecule has 0 spiro atoms. The first-order chi connectivity index (χ1) is 4.27. The summed E-state index contributed by atoms with van der Waals surface area (Å²) in [5, 5.41) is 0. The van der Waals surface area contributed by atoms with Crippen LogP contribution in [0.1, 0.15) is 19.3 Å². The summed E-state index contributed by atoms with van der Waals surface area (Å²) in [7, 11) is 2.09. The molecule has 0 rings (SSSR count). The average Bonchev–Trinajstić information content (AvgIpc) is 1.80. The highest BCUT2D eigenvalue weighted by molar-refractivity contribution is 7.09. The van der Waals surface area contributed by atoms with Crippen LogP contribution in [0.2, 0.25) is 0 Å². The number of alkyl halides is 2. The number of hydrogen-bond donors (Lipinski definition) is 0. The second-order valence-electron chi connectivity index (χ2n) is 1.76. The highest BCUT2D eigenvalue weighted by atomic mass is 31.0. The van der Waals surface area contributed by atoms with Gasteiger partial charge in [-0.05, 0) is 12.8 Å². The van der Waals surface area contributed by atoms with E-state index >= 15 is 0 Å². The zero-order valence-corrected chi connectivity index (χ0v) is 6.30. The molecule has 0 fully saturated rings. The molecule has 4 heteroatoms. The Balaban J connectivity index is 2.75. The van der Waals surface area contributed by atoms with E-state index in [9.17, 15) is 8.78 Å². The van der Waals surface area contributed by atoms with E-state index in [1.165, 1.54) is 0 Å². The molecule has 0 aromatic carbocycles. The van der Waals surface area contributed by atoms with Crippen molar-refractivity contribution in [3.63, 3.8) is 0 Å². The lowest BCUT2D eigenvalue weighted by atomic mass is 10.2. The van der Waals surface area contributed by atoms with E-state index in [1.54, 1.807) is 0 Å². The summed E-state index contributed by atoms with van der Waals surface area (Å²) >= 11 is 0. The maximum absolute atomic E-state index is 11.4. The van der Waals surface area contributed by atoms with Gasteiger partial charge in [0.1, 0.15) is 0 Å². The van der Waals surface area contributed by atoms with Crippen LogP contribution >= 0.6 is 9.47 Å². The fourth-order valence-corrected chi connectivity index (χ4v) is 0.651. The van der Waals surface area contributed by atoms with E-state index < -0.39 is 6.43 Å². The lowest BCUT2D eigenvalue weighted by molar-refractivity contribution is 0.132. The van der Waals surface area contributed by atoms with E-state index in [4.69, 9.17) is 0 Å². The fourth-order valence-electron chi connectivity index (χ4n) is 0.484. The quantitative estimate of drug-likeness (QED) is 0.438. The van der Waals surface area contributed by atoms with E-state index in [0.717, 1.165) is 0 Å². The van der Waals surface area contributed by atoms with Crippen LogP contribution in [0.4, 0.5) is 8.78 Å².